The van der Waals surface area contributed by atoms with Gasteiger partial charge in [0.2, 0.25) is 0 Å². The van der Waals surface area contributed by atoms with Crippen LogP contribution in [0.3, 0.4) is 0 Å². The number of morpholine rings is 1. The van der Waals surface area contributed by atoms with Gasteiger partial charge in [-0.2, -0.15) is 0 Å². The van der Waals surface area contributed by atoms with Gasteiger partial charge in [0.15, 0.2) is 6.61 Å². The monoisotopic (exact) mass is 359 g/mol. The Labute approximate surface area is 152 Å². The molecular weight excluding hydrogens is 337 g/mol. The van der Waals surface area contributed by atoms with Crippen LogP contribution in [0, 0.1) is 5.82 Å². The Morgan fingerprint density at radius 3 is 2.77 bits per heavy atom. The summed E-state index contributed by atoms with van der Waals surface area (Å²) in [5.41, 5.74) is -0.220. The highest BCUT2D eigenvalue weighted by Gasteiger charge is 2.38. The fraction of sp³-hybridized carbons (Fsp3) is 0.350. The minimum absolute atomic E-state index is 0.0779. The normalized spacial score (nSPS) is 20.0. The van der Waals surface area contributed by atoms with Crippen LogP contribution in [0.2, 0.25) is 0 Å². The minimum atomic E-state index is -0.936. The molecule has 1 saturated heterocycles. The molecule has 0 radical (unpaired) electrons. The second-order valence-electron chi connectivity index (χ2n) is 6.41. The molecule has 0 saturated carbocycles. The Balaban J connectivity index is 1.63. The Morgan fingerprint density at radius 2 is 2.04 bits per heavy atom. The van der Waals surface area contributed by atoms with Crippen LogP contribution in [-0.2, 0) is 16.0 Å². The number of amides is 1. The third-order valence-electron chi connectivity index (χ3n) is 4.41. The van der Waals surface area contributed by atoms with E-state index in [-0.39, 0.29) is 31.5 Å². The highest BCUT2D eigenvalue weighted by atomic mass is 19.1. The van der Waals surface area contributed by atoms with E-state index in [1.165, 1.54) is 12.1 Å². The molecule has 0 bridgehead atoms. The maximum atomic E-state index is 13.4. The first-order valence-electron chi connectivity index (χ1n) is 8.55. The molecule has 1 aliphatic rings. The van der Waals surface area contributed by atoms with Crippen molar-refractivity contribution in [3.63, 3.8) is 0 Å². The molecule has 1 aliphatic heterocycles. The molecule has 1 amide bonds. The molecule has 138 valence electrons. The van der Waals surface area contributed by atoms with Crippen molar-refractivity contribution in [1.29, 1.82) is 0 Å². The molecule has 0 spiro atoms. The Morgan fingerprint density at radius 1 is 1.23 bits per heavy atom. The number of para-hydroxylation sites is 1. The van der Waals surface area contributed by atoms with E-state index in [4.69, 9.17) is 9.47 Å². The van der Waals surface area contributed by atoms with Crippen molar-refractivity contribution in [2.75, 3.05) is 32.9 Å². The summed E-state index contributed by atoms with van der Waals surface area (Å²) < 4.78 is 24.7. The summed E-state index contributed by atoms with van der Waals surface area (Å²) in [4.78, 5) is 14.1. The molecule has 1 fully saturated rings. The Bertz CT molecular complexity index is 740. The second-order valence-corrected chi connectivity index (χ2v) is 6.41. The molecule has 1 heterocycles. The SMILES string of the molecule is O=C(COc1ccccc1)N1CCO[C@](CO)(Cc2cccc(F)c2)C1. The maximum absolute atomic E-state index is 13.4. The van der Waals surface area contributed by atoms with E-state index in [9.17, 15) is 14.3 Å². The number of benzene rings is 2. The summed E-state index contributed by atoms with van der Waals surface area (Å²) in [5.74, 6) is 0.118. The van der Waals surface area contributed by atoms with Gasteiger partial charge in [-0.3, -0.25) is 4.79 Å². The van der Waals surface area contributed by atoms with E-state index in [1.807, 2.05) is 18.2 Å². The van der Waals surface area contributed by atoms with Crippen molar-refractivity contribution >= 4 is 5.91 Å². The zero-order chi connectivity index (χ0) is 18.4. The van der Waals surface area contributed by atoms with Crippen molar-refractivity contribution < 1.29 is 23.8 Å². The largest absolute Gasteiger partial charge is 0.484 e. The van der Waals surface area contributed by atoms with Gasteiger partial charge in [0.25, 0.3) is 5.91 Å². The lowest BCUT2D eigenvalue weighted by atomic mass is 9.93. The van der Waals surface area contributed by atoms with E-state index in [2.05, 4.69) is 0 Å². The van der Waals surface area contributed by atoms with Gasteiger partial charge in [-0.15, -0.1) is 0 Å². The number of nitrogens with zero attached hydrogens (tertiary/aromatic N) is 1. The van der Waals surface area contributed by atoms with Crippen molar-refractivity contribution in [2.45, 2.75) is 12.0 Å². The molecule has 1 atom stereocenters. The summed E-state index contributed by atoms with van der Waals surface area (Å²) >= 11 is 0. The molecule has 3 rings (SSSR count). The Kier molecular flexibility index (Phi) is 5.85. The number of hydrogen-bond acceptors (Lipinski definition) is 4. The quantitative estimate of drug-likeness (QED) is 0.858. The van der Waals surface area contributed by atoms with Gasteiger partial charge in [0.1, 0.15) is 17.2 Å². The number of carbonyl (C=O) groups excluding carboxylic acids is 1. The highest BCUT2D eigenvalue weighted by Crippen LogP contribution is 2.24. The predicted octanol–water partition coefficient (Wildman–Crippen LogP) is 2.04. The van der Waals surface area contributed by atoms with Crippen LogP contribution in [0.25, 0.3) is 0 Å². The highest BCUT2D eigenvalue weighted by molar-refractivity contribution is 5.78. The summed E-state index contributed by atoms with van der Waals surface area (Å²) in [7, 11) is 0. The molecule has 5 nitrogen and oxygen atoms in total. The third-order valence-corrected chi connectivity index (χ3v) is 4.41. The van der Waals surface area contributed by atoms with E-state index in [0.717, 1.165) is 0 Å². The first-order valence-corrected chi connectivity index (χ1v) is 8.55. The molecule has 0 unspecified atom stereocenters. The molecule has 6 heteroatoms. The average Bonchev–Trinajstić information content (AvgIpc) is 2.67. The number of rotatable bonds is 6. The van der Waals surface area contributed by atoms with Crippen LogP contribution in [0.15, 0.2) is 54.6 Å². The van der Waals surface area contributed by atoms with Gasteiger partial charge in [-0.1, -0.05) is 30.3 Å². The zero-order valence-electron chi connectivity index (χ0n) is 14.4. The molecule has 1 N–H and O–H groups in total. The fourth-order valence-electron chi connectivity index (χ4n) is 3.09. The lowest BCUT2D eigenvalue weighted by molar-refractivity contribution is -0.159. The lowest BCUT2D eigenvalue weighted by Crippen LogP contribution is -2.57. The van der Waals surface area contributed by atoms with Crippen molar-refractivity contribution in [3.8, 4) is 5.75 Å². The zero-order valence-corrected chi connectivity index (χ0v) is 14.4. The van der Waals surface area contributed by atoms with E-state index < -0.39 is 5.60 Å². The molecular formula is C20H22FNO4. The minimum Gasteiger partial charge on any atom is -0.484 e. The van der Waals surface area contributed by atoms with Gasteiger partial charge in [-0.05, 0) is 29.8 Å². The topological polar surface area (TPSA) is 59.0 Å². The standard InChI is InChI=1S/C20H22FNO4/c21-17-6-4-5-16(11-17)12-20(15-23)14-22(9-10-26-20)19(24)13-25-18-7-2-1-3-8-18/h1-8,11,23H,9-10,12-15H2/t20-/m1/s1. The lowest BCUT2D eigenvalue weighted by Gasteiger charge is -2.41. The smallest absolute Gasteiger partial charge is 0.260 e. The van der Waals surface area contributed by atoms with Crippen LogP contribution >= 0.6 is 0 Å². The van der Waals surface area contributed by atoms with Crippen LogP contribution in [0.1, 0.15) is 5.56 Å². The maximum Gasteiger partial charge on any atom is 0.260 e. The van der Waals surface area contributed by atoms with Crippen molar-refractivity contribution in [1.82, 2.24) is 4.90 Å². The van der Waals surface area contributed by atoms with Gasteiger partial charge in [-0.25, -0.2) is 4.39 Å². The summed E-state index contributed by atoms with van der Waals surface area (Å²) in [5, 5.41) is 9.89. The van der Waals surface area contributed by atoms with Gasteiger partial charge in [0.05, 0.1) is 19.8 Å². The van der Waals surface area contributed by atoms with E-state index >= 15 is 0 Å². The van der Waals surface area contributed by atoms with E-state index in [0.29, 0.717) is 30.9 Å². The predicted molar refractivity (Wildman–Crippen MR) is 94.4 cm³/mol. The number of halogens is 1. The molecule has 0 aliphatic carbocycles. The van der Waals surface area contributed by atoms with Gasteiger partial charge < -0.3 is 19.5 Å². The number of aliphatic hydroxyl groups excluding tert-OH is 1. The molecule has 2 aromatic carbocycles. The number of carbonyl (C=O) groups is 1. The first-order chi connectivity index (χ1) is 12.6. The number of hydrogen-bond donors (Lipinski definition) is 1. The molecule has 2 aromatic rings. The van der Waals surface area contributed by atoms with Crippen LogP contribution in [0.5, 0.6) is 5.75 Å². The molecule has 0 aromatic heterocycles. The number of ether oxygens (including phenoxy) is 2. The van der Waals surface area contributed by atoms with Crippen molar-refractivity contribution in [3.05, 3.63) is 66.0 Å². The van der Waals surface area contributed by atoms with Crippen LogP contribution in [-0.4, -0.2) is 54.4 Å². The molecule has 26 heavy (non-hydrogen) atoms. The summed E-state index contributed by atoms with van der Waals surface area (Å²) in [6.45, 7) is 0.643. The summed E-state index contributed by atoms with van der Waals surface area (Å²) in [6, 6.07) is 15.3. The first kappa shape index (κ1) is 18.4. The Hall–Kier alpha value is -2.44. The fourth-order valence-corrected chi connectivity index (χ4v) is 3.09. The van der Waals surface area contributed by atoms with Gasteiger partial charge in [0, 0.05) is 13.0 Å². The third kappa shape index (κ3) is 4.59. The van der Waals surface area contributed by atoms with Gasteiger partial charge >= 0.3 is 0 Å². The number of aliphatic hydroxyl groups is 1. The van der Waals surface area contributed by atoms with Crippen LogP contribution in [0.4, 0.5) is 4.39 Å². The van der Waals surface area contributed by atoms with Crippen molar-refractivity contribution in [2.24, 2.45) is 0 Å². The average molecular weight is 359 g/mol. The van der Waals surface area contributed by atoms with Crippen LogP contribution < -0.4 is 4.74 Å². The summed E-state index contributed by atoms with van der Waals surface area (Å²) in [6.07, 6.45) is 0.324. The van der Waals surface area contributed by atoms with E-state index in [1.54, 1.807) is 29.2 Å². The second kappa shape index (κ2) is 8.29.